The van der Waals surface area contributed by atoms with Gasteiger partial charge in [-0.2, -0.15) is 0 Å². The highest BCUT2D eigenvalue weighted by Gasteiger charge is 2.50. The highest BCUT2D eigenvalue weighted by molar-refractivity contribution is 6.90. The van der Waals surface area contributed by atoms with E-state index in [-0.39, 0.29) is 89.1 Å². The van der Waals surface area contributed by atoms with Crippen molar-refractivity contribution in [3.63, 3.8) is 0 Å². The van der Waals surface area contributed by atoms with Crippen LogP contribution >= 0.6 is 0 Å². The Labute approximate surface area is 765 Å². The molecular formula is C101H208O14Si7. The van der Waals surface area contributed by atoms with Gasteiger partial charge in [0.2, 0.25) is 0 Å². The predicted octanol–water partition coefficient (Wildman–Crippen LogP) is 29.0. The van der Waals surface area contributed by atoms with Gasteiger partial charge in [-0.1, -0.05) is 252 Å². The van der Waals surface area contributed by atoms with Gasteiger partial charge in [0.15, 0.2) is 49.9 Å². The first-order chi connectivity index (χ1) is 53.3. The van der Waals surface area contributed by atoms with E-state index < -0.39 is 58.0 Å². The lowest BCUT2D eigenvalue weighted by Crippen LogP contribution is -2.45. The van der Waals surface area contributed by atoms with E-state index in [2.05, 4.69) is 76.2 Å². The van der Waals surface area contributed by atoms with Crippen molar-refractivity contribution in [3.05, 3.63) is 30.3 Å². The lowest BCUT2D eigenvalue weighted by Gasteiger charge is -2.37. The van der Waals surface area contributed by atoms with Crippen LogP contribution in [0.5, 0.6) is 0 Å². The van der Waals surface area contributed by atoms with Gasteiger partial charge in [0.25, 0.3) is 0 Å². The molecule has 1 aromatic carbocycles. The van der Waals surface area contributed by atoms with Gasteiger partial charge in [0.05, 0.1) is 107 Å². The van der Waals surface area contributed by atoms with Crippen molar-refractivity contribution < 1.29 is 64.5 Å². The fourth-order valence-corrected chi connectivity index (χ4v) is 42.8. The standard InChI is InChI=1S/C24H46O4Si2.C23H34O2Si.C22H42O4Si2.C20H38O4Si2.12CH4/c1-29(15-8-6-4-3-5-7-9-22-20-25-22)17-13-27-30(2,18-14-26-29)16-12-21-10-11-23-24(19-21)28-23;1-26(19-5-3-2-4-6-19,13-11-17-7-9-20-22(15-17)24-20)14-12-18-8-10-21-23(16-18)25-21;1-27(13-6-4-3-5-7-20-18-23-20)15-11-25-28(2,16-12-24-27)14-10-19-8-9-21-22(17-19)26-21;1-25(11-4-3-5-18-16-21-18)13-9-23-26(2,14-10-22-25)12-8-17-6-7-19-20(15-17)24-19;;;;;;;;;;;;/h21-24H,3-20H2,1-2H3;2-6,17-18,20-23H,7-16H2,1H3;19-22H,3-18H2,1-2H3;17-20H,3-16H2,1-2H3;12*1H4. The van der Waals surface area contributed by atoms with E-state index in [1.54, 1.807) is 5.19 Å². The van der Waals surface area contributed by atoms with Gasteiger partial charge in [-0.3, -0.25) is 0 Å². The van der Waals surface area contributed by atoms with E-state index >= 15 is 0 Å². The van der Waals surface area contributed by atoms with Crippen LogP contribution in [0.3, 0.4) is 0 Å². The molecule has 24 unspecified atom stereocenters. The highest BCUT2D eigenvalue weighted by atomic mass is 28.4. The fraction of sp³-hybridized carbons (Fsp3) is 0.941. The Morgan fingerprint density at radius 2 is 0.484 bits per heavy atom. The lowest BCUT2D eigenvalue weighted by atomic mass is 9.87. The third-order valence-corrected chi connectivity index (χ3v) is 56.9. The summed E-state index contributed by atoms with van der Waals surface area (Å²) in [7, 11) is -10.8. The molecule has 0 spiro atoms. The number of fused-ring (bicyclic) bond motifs is 5. The molecule has 24 atom stereocenters. The van der Waals surface area contributed by atoms with Crippen molar-refractivity contribution in [2.45, 2.75) is 524 Å². The molecule has 122 heavy (non-hydrogen) atoms. The number of benzene rings is 1. The molecule has 17 rings (SSSR count). The van der Waals surface area contributed by atoms with Gasteiger partial charge in [0, 0.05) is 39.6 Å². The second kappa shape index (κ2) is 56.4. The number of hydrogen-bond donors (Lipinski definition) is 0. The smallest absolute Gasteiger partial charge is 0.191 e. The van der Waals surface area contributed by atoms with E-state index in [1.807, 2.05) is 0 Å². The van der Waals surface area contributed by atoms with Crippen LogP contribution in [0.4, 0.5) is 0 Å². The van der Waals surface area contributed by atoms with Gasteiger partial charge < -0.3 is 64.5 Å². The molecule has 11 heterocycles. The van der Waals surface area contributed by atoms with Crippen molar-refractivity contribution in [1.82, 2.24) is 0 Å². The molecule has 11 saturated heterocycles. The Balaban J connectivity index is 0.000000534. The maximum absolute atomic E-state index is 6.64. The van der Waals surface area contributed by atoms with Crippen LogP contribution in [0.1, 0.15) is 314 Å². The zero-order chi connectivity index (χ0) is 75.9. The summed E-state index contributed by atoms with van der Waals surface area (Å²) in [5, 5.41) is 1.69. The monoisotopic (exact) mass is 1840 g/mol. The van der Waals surface area contributed by atoms with Crippen LogP contribution in [0, 0.1) is 29.6 Å². The molecule has 1 aromatic rings. The van der Waals surface area contributed by atoms with E-state index in [0.717, 1.165) is 89.1 Å². The normalized spacial score (nSPS) is 38.2. The first-order valence-electron chi connectivity index (χ1n) is 47.3. The summed E-state index contributed by atoms with van der Waals surface area (Å²) in [5.41, 5.74) is 0. The summed E-state index contributed by atoms with van der Waals surface area (Å²) >= 11 is 0. The maximum Gasteiger partial charge on any atom is 0.191 e. The summed E-state index contributed by atoms with van der Waals surface area (Å²) in [6, 6.07) is 29.6. The molecule has 11 aliphatic heterocycles. The van der Waals surface area contributed by atoms with Gasteiger partial charge >= 0.3 is 0 Å². The largest absolute Gasteiger partial charge is 0.417 e. The minimum Gasteiger partial charge on any atom is -0.417 e. The molecule has 14 nitrogen and oxygen atoms in total. The molecule has 5 aliphatic carbocycles. The average Bonchev–Trinajstić information content (AvgIpc) is 1.77. The second-order valence-electron chi connectivity index (χ2n) is 41.1. The highest BCUT2D eigenvalue weighted by Crippen LogP contribution is 2.48. The van der Waals surface area contributed by atoms with Crippen LogP contribution in [-0.2, 0) is 64.5 Å². The second-order valence-corrected chi connectivity index (χ2v) is 70.9. The van der Waals surface area contributed by atoms with Crippen LogP contribution in [0.2, 0.25) is 130 Å². The van der Waals surface area contributed by atoms with E-state index in [4.69, 9.17) is 64.5 Å². The molecule has 21 heteroatoms. The van der Waals surface area contributed by atoms with Gasteiger partial charge in [-0.15, -0.1) is 0 Å². The summed E-state index contributed by atoms with van der Waals surface area (Å²) < 4.78 is 84.2. The number of hydrogen-bond acceptors (Lipinski definition) is 14. The Kier molecular flexibility index (Phi) is 54.6. The van der Waals surface area contributed by atoms with Gasteiger partial charge in [-0.25, -0.2) is 0 Å². The van der Waals surface area contributed by atoms with E-state index in [0.29, 0.717) is 79.4 Å². The topological polar surface area (TPSA) is 156 Å². The molecular weight excluding hydrogens is 1630 g/mol. The molecule has 16 aliphatic rings. The van der Waals surface area contributed by atoms with Gasteiger partial charge in [0.1, 0.15) is 0 Å². The van der Waals surface area contributed by atoms with Crippen molar-refractivity contribution in [3.8, 4) is 0 Å². The summed E-state index contributed by atoms with van der Waals surface area (Å²) in [5.74, 6) is 4.49. The Morgan fingerprint density at radius 1 is 0.262 bits per heavy atom. The van der Waals surface area contributed by atoms with Crippen LogP contribution in [0.15, 0.2) is 30.3 Å². The van der Waals surface area contributed by atoms with Crippen LogP contribution < -0.4 is 5.19 Å². The van der Waals surface area contributed by atoms with Crippen molar-refractivity contribution in [2.75, 3.05) is 59.5 Å². The maximum atomic E-state index is 6.64. The summed E-state index contributed by atoms with van der Waals surface area (Å²) in [6.07, 6.45) is 55.2. The van der Waals surface area contributed by atoms with Gasteiger partial charge in [-0.05, 0) is 257 Å². The quantitative estimate of drug-likeness (QED) is 0.0352. The van der Waals surface area contributed by atoms with Crippen molar-refractivity contribution in [2.24, 2.45) is 29.6 Å². The first-order valence-corrected chi connectivity index (χ1v) is 67.2. The SMILES string of the molecule is C.C.C.C.C.C.C.C.C.C.C.C.C[Si](CCC1CCC2OC2C1)(CCC1CCC2OC2C1)c1ccccc1.C[Si]1(CCCCC2CO2)CCO[Si](C)(CCC2CCC3OC3C2)CCO1.C[Si]1(CCCCCCC2CO2)CCO[Si](C)(CCC2CCC3OC3C2)CCO1.C[Si]1(CCCCCCCCC2CO2)CCO[Si](C)(CCC2CCC3OC3C2)CCO1. The fourth-order valence-electron chi connectivity index (χ4n) is 21.6. The minimum absolute atomic E-state index is 0. The Bertz CT molecular complexity index is 2800. The zero-order valence-electron chi connectivity index (χ0n) is 71.0. The van der Waals surface area contributed by atoms with Crippen LogP contribution in [-0.4, -0.2) is 197 Å². The minimum atomic E-state index is -1.59. The number of rotatable bonds is 37. The molecule has 5 saturated carbocycles. The molecule has 0 bridgehead atoms. The van der Waals surface area contributed by atoms with Crippen molar-refractivity contribution in [1.29, 1.82) is 0 Å². The number of epoxide rings is 8. The zero-order valence-corrected chi connectivity index (χ0v) is 78.0. The average molecular weight is 1840 g/mol. The Morgan fingerprint density at radius 3 is 0.738 bits per heavy atom. The Hall–Kier alpha value is 0.178. The molecule has 0 aromatic heterocycles. The van der Waals surface area contributed by atoms with E-state index in [9.17, 15) is 0 Å². The number of unbranched alkanes of at least 4 members (excludes halogenated alkanes) is 9. The van der Waals surface area contributed by atoms with E-state index in [1.165, 1.54) is 309 Å². The predicted molar refractivity (Wildman–Crippen MR) is 543 cm³/mol. The third-order valence-electron chi connectivity index (χ3n) is 31.1. The molecule has 16 fully saturated rings. The number of ether oxygens (including phenoxy) is 8. The summed E-state index contributed by atoms with van der Waals surface area (Å²) in [6.45, 7) is 26.2. The van der Waals surface area contributed by atoms with Crippen molar-refractivity contribution >= 4 is 63.2 Å². The summed E-state index contributed by atoms with van der Waals surface area (Å²) in [4.78, 5) is 0. The molecule has 0 radical (unpaired) electrons. The first kappa shape index (κ1) is 118. The lowest BCUT2D eigenvalue weighted by molar-refractivity contribution is 0.252. The molecule has 0 amide bonds. The third kappa shape index (κ3) is 40.2. The molecule has 724 valence electrons. The molecule has 0 N–H and O–H groups in total. The van der Waals surface area contributed by atoms with Crippen LogP contribution in [0.25, 0.3) is 0 Å².